The molecule has 2 amide bonds. The van der Waals surface area contributed by atoms with Gasteiger partial charge in [0.25, 0.3) is 0 Å². The molecule has 0 aliphatic carbocycles. The maximum atomic E-state index is 12.6. The number of nitrogens with zero attached hydrogens (tertiary/aromatic N) is 1. The molecular weight excluding hydrogens is 332 g/mol. The Balaban J connectivity index is 2.32. The largest absolute Gasteiger partial charge is 0.460 e. The number of carbonyl (C=O) groups is 2. The van der Waals surface area contributed by atoms with Crippen LogP contribution >= 0.6 is 11.6 Å². The molecule has 1 N–H and O–H groups in total. The molecule has 24 heavy (non-hydrogen) atoms. The number of urea groups is 1. The van der Waals surface area contributed by atoms with E-state index in [4.69, 9.17) is 21.1 Å². The first-order valence-corrected chi connectivity index (χ1v) is 8.09. The molecule has 0 radical (unpaired) electrons. The summed E-state index contributed by atoms with van der Waals surface area (Å²) in [5.41, 5.74) is 1.54. The Hall–Kier alpha value is -2.05. The predicted molar refractivity (Wildman–Crippen MR) is 90.6 cm³/mol. The van der Waals surface area contributed by atoms with Crippen LogP contribution in [-0.2, 0) is 14.3 Å². The standard InChI is InChI=1S/C17H21ClN2O4/c1-4-23-9-10-24-16(21)14-11(2)20(3)17(22)19-15(14)12-7-5-6-8-13(12)18/h5-8,15H,4,9-10H2,1-3H3,(H,19,22)/t15-/m0/s1. The van der Waals surface area contributed by atoms with Crippen LogP contribution < -0.4 is 5.32 Å². The number of carbonyl (C=O) groups excluding carboxylic acids is 2. The molecule has 0 fully saturated rings. The highest BCUT2D eigenvalue weighted by atomic mass is 35.5. The number of ether oxygens (including phenoxy) is 2. The molecule has 0 spiro atoms. The van der Waals surface area contributed by atoms with Gasteiger partial charge in [-0.15, -0.1) is 0 Å². The zero-order valence-corrected chi connectivity index (χ0v) is 14.7. The maximum absolute atomic E-state index is 12.6. The number of allylic oxidation sites excluding steroid dienone is 1. The zero-order chi connectivity index (χ0) is 17.7. The number of rotatable bonds is 6. The van der Waals surface area contributed by atoms with Gasteiger partial charge in [0.1, 0.15) is 6.61 Å². The van der Waals surface area contributed by atoms with Crippen molar-refractivity contribution in [2.24, 2.45) is 0 Å². The zero-order valence-electron chi connectivity index (χ0n) is 14.0. The topological polar surface area (TPSA) is 67.9 Å². The minimum atomic E-state index is -0.651. The fourth-order valence-electron chi connectivity index (χ4n) is 2.46. The molecule has 1 aliphatic heterocycles. The van der Waals surface area contributed by atoms with Gasteiger partial charge in [-0.25, -0.2) is 9.59 Å². The highest BCUT2D eigenvalue weighted by Crippen LogP contribution is 2.34. The summed E-state index contributed by atoms with van der Waals surface area (Å²) in [4.78, 5) is 26.1. The van der Waals surface area contributed by atoms with Gasteiger partial charge in [0.05, 0.1) is 18.2 Å². The molecule has 0 saturated carbocycles. The second-order valence-corrected chi connectivity index (χ2v) is 5.70. The van der Waals surface area contributed by atoms with Gasteiger partial charge in [0.15, 0.2) is 0 Å². The quantitative estimate of drug-likeness (QED) is 0.631. The van der Waals surface area contributed by atoms with Crippen LogP contribution in [0, 0.1) is 0 Å². The lowest BCUT2D eigenvalue weighted by Gasteiger charge is -2.33. The van der Waals surface area contributed by atoms with Crippen molar-refractivity contribution in [1.29, 1.82) is 0 Å². The lowest BCUT2D eigenvalue weighted by Crippen LogP contribution is -2.46. The van der Waals surface area contributed by atoms with E-state index in [1.165, 1.54) is 4.90 Å². The summed E-state index contributed by atoms with van der Waals surface area (Å²) < 4.78 is 10.5. The molecule has 1 aliphatic rings. The second-order valence-electron chi connectivity index (χ2n) is 5.29. The van der Waals surface area contributed by atoms with Gasteiger partial charge in [0.2, 0.25) is 0 Å². The summed E-state index contributed by atoms with van der Waals surface area (Å²) >= 11 is 6.25. The second kappa shape index (κ2) is 8.17. The van der Waals surface area contributed by atoms with E-state index in [9.17, 15) is 9.59 Å². The van der Waals surface area contributed by atoms with Crippen molar-refractivity contribution in [3.63, 3.8) is 0 Å². The minimum Gasteiger partial charge on any atom is -0.460 e. The molecule has 1 atom stereocenters. The number of hydrogen-bond donors (Lipinski definition) is 1. The number of benzene rings is 1. The average Bonchev–Trinajstić information content (AvgIpc) is 2.56. The molecule has 0 bridgehead atoms. The van der Waals surface area contributed by atoms with Crippen molar-refractivity contribution in [1.82, 2.24) is 10.2 Å². The molecule has 0 saturated heterocycles. The van der Waals surface area contributed by atoms with Crippen LogP contribution in [0.1, 0.15) is 25.5 Å². The van der Waals surface area contributed by atoms with Gasteiger partial charge in [-0.05, 0) is 25.5 Å². The predicted octanol–water partition coefficient (Wildman–Crippen LogP) is 2.89. The first-order chi connectivity index (χ1) is 11.5. The van der Waals surface area contributed by atoms with Gasteiger partial charge < -0.3 is 19.7 Å². The summed E-state index contributed by atoms with van der Waals surface area (Å²) in [6.45, 7) is 4.61. The van der Waals surface area contributed by atoms with Crippen LogP contribution in [-0.4, -0.2) is 43.8 Å². The Labute approximate surface area is 146 Å². The van der Waals surface area contributed by atoms with Crippen LogP contribution in [0.5, 0.6) is 0 Å². The number of esters is 1. The molecule has 6 nitrogen and oxygen atoms in total. The van der Waals surface area contributed by atoms with Crippen LogP contribution in [0.25, 0.3) is 0 Å². The number of hydrogen-bond acceptors (Lipinski definition) is 4. The molecule has 7 heteroatoms. The molecule has 1 aromatic rings. The van der Waals surface area contributed by atoms with Crippen molar-refractivity contribution in [3.8, 4) is 0 Å². The fraction of sp³-hybridized carbons (Fsp3) is 0.412. The van der Waals surface area contributed by atoms with Gasteiger partial charge in [-0.3, -0.25) is 0 Å². The van der Waals surface area contributed by atoms with Gasteiger partial charge in [-0.1, -0.05) is 29.8 Å². The van der Waals surface area contributed by atoms with Crippen molar-refractivity contribution in [2.45, 2.75) is 19.9 Å². The van der Waals surface area contributed by atoms with Gasteiger partial charge in [0, 0.05) is 24.4 Å². The van der Waals surface area contributed by atoms with E-state index < -0.39 is 12.0 Å². The van der Waals surface area contributed by atoms with E-state index >= 15 is 0 Å². The smallest absolute Gasteiger partial charge is 0.338 e. The lowest BCUT2D eigenvalue weighted by atomic mass is 9.95. The first-order valence-electron chi connectivity index (χ1n) is 7.71. The third-order valence-electron chi connectivity index (χ3n) is 3.86. The van der Waals surface area contributed by atoms with Crippen LogP contribution in [0.4, 0.5) is 4.79 Å². The van der Waals surface area contributed by atoms with Crippen LogP contribution in [0.3, 0.4) is 0 Å². The molecule has 1 aromatic carbocycles. The van der Waals surface area contributed by atoms with Crippen molar-refractivity contribution >= 4 is 23.6 Å². The Kier molecular flexibility index (Phi) is 6.23. The third-order valence-corrected chi connectivity index (χ3v) is 4.20. The number of amides is 2. The lowest BCUT2D eigenvalue weighted by molar-refractivity contribution is -0.141. The van der Waals surface area contributed by atoms with Crippen molar-refractivity contribution in [2.75, 3.05) is 26.9 Å². The average molecular weight is 353 g/mol. The highest BCUT2D eigenvalue weighted by Gasteiger charge is 2.35. The summed E-state index contributed by atoms with van der Waals surface area (Å²) in [5, 5.41) is 3.27. The van der Waals surface area contributed by atoms with Crippen molar-refractivity contribution < 1.29 is 19.1 Å². The van der Waals surface area contributed by atoms with E-state index in [1.807, 2.05) is 6.92 Å². The van der Waals surface area contributed by atoms with Crippen LogP contribution in [0.15, 0.2) is 35.5 Å². The minimum absolute atomic E-state index is 0.149. The van der Waals surface area contributed by atoms with E-state index in [2.05, 4.69) is 5.32 Å². The van der Waals surface area contributed by atoms with E-state index in [1.54, 1.807) is 38.2 Å². The number of halogens is 1. The maximum Gasteiger partial charge on any atom is 0.338 e. The summed E-state index contributed by atoms with van der Waals surface area (Å²) in [7, 11) is 1.60. The Morgan fingerprint density at radius 3 is 2.71 bits per heavy atom. The molecule has 2 rings (SSSR count). The van der Waals surface area contributed by atoms with Crippen LogP contribution in [0.2, 0.25) is 5.02 Å². The SMILES string of the molecule is CCOCCOC(=O)C1=C(C)N(C)C(=O)N[C@H]1c1ccccc1Cl. The Morgan fingerprint density at radius 1 is 1.33 bits per heavy atom. The molecule has 1 heterocycles. The molecule has 130 valence electrons. The van der Waals surface area contributed by atoms with E-state index in [0.717, 1.165) is 0 Å². The van der Waals surface area contributed by atoms with Gasteiger partial charge in [-0.2, -0.15) is 0 Å². The molecular formula is C17H21ClN2O4. The monoisotopic (exact) mass is 352 g/mol. The van der Waals surface area contributed by atoms with E-state index in [-0.39, 0.29) is 12.6 Å². The normalized spacial score (nSPS) is 17.8. The Bertz CT molecular complexity index is 660. The molecule has 0 aromatic heterocycles. The highest BCUT2D eigenvalue weighted by molar-refractivity contribution is 6.31. The van der Waals surface area contributed by atoms with Gasteiger partial charge >= 0.3 is 12.0 Å². The summed E-state index contributed by atoms with van der Waals surface area (Å²) in [5.74, 6) is -0.496. The fourth-order valence-corrected chi connectivity index (χ4v) is 2.70. The summed E-state index contributed by atoms with van der Waals surface area (Å²) in [6.07, 6.45) is 0. The third kappa shape index (κ3) is 3.88. The first kappa shape index (κ1) is 18.3. The molecule has 0 unspecified atom stereocenters. The summed E-state index contributed by atoms with van der Waals surface area (Å²) in [6, 6.07) is 6.14. The van der Waals surface area contributed by atoms with E-state index in [0.29, 0.717) is 35.1 Å². The van der Waals surface area contributed by atoms with Crippen molar-refractivity contribution in [3.05, 3.63) is 46.1 Å². The Morgan fingerprint density at radius 2 is 2.04 bits per heavy atom. The number of nitrogens with one attached hydrogen (secondary N) is 1.